The fourth-order valence-corrected chi connectivity index (χ4v) is 5.50. The smallest absolute Gasteiger partial charge is 0.217 e. The second kappa shape index (κ2) is 11.4. The Morgan fingerprint density at radius 2 is 1.60 bits per heavy atom. The van der Waals surface area contributed by atoms with Crippen molar-refractivity contribution in [2.75, 3.05) is 0 Å². The van der Waals surface area contributed by atoms with E-state index < -0.39 is 0 Å². The number of hydrogen-bond donors (Lipinski definition) is 1. The summed E-state index contributed by atoms with van der Waals surface area (Å²) >= 11 is 0. The van der Waals surface area contributed by atoms with Crippen molar-refractivity contribution < 1.29 is 30.9 Å². The van der Waals surface area contributed by atoms with Gasteiger partial charge in [-0.1, -0.05) is 69.1 Å². The fraction of sp³-hybridized carbons (Fsp3) is 0.235. The number of aryl methyl sites for hydroxylation is 4. The van der Waals surface area contributed by atoms with E-state index in [4.69, 9.17) is 14.7 Å². The van der Waals surface area contributed by atoms with E-state index in [2.05, 4.69) is 67.8 Å². The first-order valence-electron chi connectivity index (χ1n) is 13.8. The first kappa shape index (κ1) is 27.9. The van der Waals surface area contributed by atoms with Crippen LogP contribution in [0.25, 0.3) is 38.5 Å². The predicted octanol–water partition coefficient (Wildman–Crippen LogP) is 8.27. The van der Waals surface area contributed by atoms with Gasteiger partial charge in [-0.2, -0.15) is 6.07 Å². The molecular formula is C34H32N3O2Pt-. The van der Waals surface area contributed by atoms with Gasteiger partial charge in [0.2, 0.25) is 5.88 Å². The van der Waals surface area contributed by atoms with Crippen LogP contribution in [0.5, 0.6) is 17.4 Å². The first-order valence-corrected chi connectivity index (χ1v) is 13.8. The van der Waals surface area contributed by atoms with Crippen LogP contribution in [0.3, 0.4) is 0 Å². The van der Waals surface area contributed by atoms with E-state index in [-0.39, 0.29) is 26.8 Å². The summed E-state index contributed by atoms with van der Waals surface area (Å²) in [5, 5.41) is 14.2. The number of hydrogen-bond acceptors (Lipinski definition) is 4. The largest absolute Gasteiger partial charge is 0.505 e. The van der Waals surface area contributed by atoms with E-state index in [1.54, 1.807) is 0 Å². The fourth-order valence-electron chi connectivity index (χ4n) is 5.50. The molecule has 0 atom stereocenters. The average Bonchev–Trinajstić information content (AvgIpc) is 3.31. The molecule has 0 spiro atoms. The molecule has 40 heavy (non-hydrogen) atoms. The molecule has 6 heteroatoms. The summed E-state index contributed by atoms with van der Waals surface area (Å²) in [6.45, 7) is 8.45. The van der Waals surface area contributed by atoms with E-state index in [0.717, 1.165) is 64.4 Å². The first-order chi connectivity index (χ1) is 19.1. The summed E-state index contributed by atoms with van der Waals surface area (Å²) in [5.74, 6) is 2.09. The number of fused-ring (bicyclic) bond motifs is 4. The Balaban J connectivity index is 0.00000323. The van der Waals surface area contributed by atoms with Crippen LogP contribution >= 0.6 is 0 Å². The quantitative estimate of drug-likeness (QED) is 0.170. The van der Waals surface area contributed by atoms with Gasteiger partial charge < -0.3 is 14.4 Å². The number of rotatable bonds is 7. The molecule has 0 fully saturated rings. The molecule has 0 aliphatic carbocycles. The summed E-state index contributed by atoms with van der Waals surface area (Å²) < 4.78 is 8.50. The minimum atomic E-state index is 0. The Hall–Kier alpha value is -3.69. The number of aromatic nitrogens is 3. The third kappa shape index (κ3) is 4.67. The van der Waals surface area contributed by atoms with Gasteiger partial charge in [-0.15, -0.1) is 17.5 Å². The molecule has 0 saturated heterocycles. The molecular weight excluding hydrogens is 677 g/mol. The molecule has 0 saturated carbocycles. The molecule has 3 aromatic carbocycles. The third-order valence-corrected chi connectivity index (χ3v) is 7.66. The van der Waals surface area contributed by atoms with Gasteiger partial charge in [-0.3, -0.25) is 0 Å². The minimum Gasteiger partial charge on any atom is -0.505 e. The number of phenolic OH excluding ortho intramolecular Hbond substituents is 1. The molecule has 0 bridgehead atoms. The molecule has 1 N–H and O–H groups in total. The van der Waals surface area contributed by atoms with Gasteiger partial charge >= 0.3 is 0 Å². The minimum absolute atomic E-state index is 0. The standard InChI is InChI=1S/C34H32N3O2.Pt/c1-5-21-12-17-30(35-20-21)37-28-11-9-10-22(6-2)32(28)27-16-14-25(19-29(27)37)39-31-18-24(8-4)26-15-13-23(7-3)34(38)33(26)36-31;/h9-18,20,38H,5-8H2,1-4H3;/q-1;. The third-order valence-electron chi connectivity index (χ3n) is 7.66. The number of pyridine rings is 2. The summed E-state index contributed by atoms with van der Waals surface area (Å²) in [7, 11) is 0. The summed E-state index contributed by atoms with van der Waals surface area (Å²) in [6, 6.07) is 24.2. The van der Waals surface area contributed by atoms with Gasteiger partial charge in [0.15, 0.2) is 0 Å². The zero-order chi connectivity index (χ0) is 27.1. The van der Waals surface area contributed by atoms with Crippen molar-refractivity contribution in [3.05, 3.63) is 95.2 Å². The molecule has 0 unspecified atom stereocenters. The molecule has 0 aliphatic heterocycles. The maximum Gasteiger partial charge on any atom is 0.217 e. The van der Waals surface area contributed by atoms with E-state index in [0.29, 0.717) is 17.1 Å². The van der Waals surface area contributed by atoms with Gasteiger partial charge in [0.25, 0.3) is 0 Å². The molecule has 6 aromatic rings. The van der Waals surface area contributed by atoms with Gasteiger partial charge in [0.05, 0.1) is 0 Å². The second-order valence-corrected chi connectivity index (χ2v) is 9.86. The SMILES string of the molecule is CCc1ccc(-n2c3[c-]c(Oc4cc(CC)c5ccc(CC)c(O)c5n4)ccc3c3c(CC)cccc32)nc1.[Pt]. The Morgan fingerprint density at radius 1 is 0.825 bits per heavy atom. The topological polar surface area (TPSA) is 60.2 Å². The van der Waals surface area contributed by atoms with Crippen LogP contribution in [0.15, 0.2) is 66.9 Å². The predicted molar refractivity (Wildman–Crippen MR) is 158 cm³/mol. The summed E-state index contributed by atoms with van der Waals surface area (Å²) in [4.78, 5) is 9.53. The summed E-state index contributed by atoms with van der Waals surface area (Å²) in [6.07, 6.45) is 5.35. The van der Waals surface area contributed by atoms with Crippen LogP contribution in [-0.4, -0.2) is 19.6 Å². The van der Waals surface area contributed by atoms with Crippen molar-refractivity contribution in [1.82, 2.24) is 14.5 Å². The number of ether oxygens (including phenoxy) is 1. The van der Waals surface area contributed by atoms with Crippen LogP contribution in [0.2, 0.25) is 0 Å². The molecule has 3 aromatic heterocycles. The van der Waals surface area contributed by atoms with Gasteiger partial charge in [0.1, 0.15) is 17.1 Å². The molecule has 206 valence electrons. The number of nitrogens with zero attached hydrogens (tertiary/aromatic N) is 3. The van der Waals surface area contributed by atoms with Gasteiger partial charge in [-0.05, 0) is 59.9 Å². The molecule has 0 amide bonds. The normalized spacial score (nSPS) is 11.3. The Labute approximate surface area is 249 Å². The van der Waals surface area contributed by atoms with Crippen LogP contribution in [0, 0.1) is 6.07 Å². The van der Waals surface area contributed by atoms with Crippen LogP contribution in [0.4, 0.5) is 0 Å². The summed E-state index contributed by atoms with van der Waals surface area (Å²) in [5.41, 5.74) is 7.03. The second-order valence-electron chi connectivity index (χ2n) is 9.86. The van der Waals surface area contributed by atoms with Crippen molar-refractivity contribution in [3.8, 4) is 23.2 Å². The molecule has 0 aliphatic rings. The average molecular weight is 710 g/mol. The maximum absolute atomic E-state index is 10.9. The van der Waals surface area contributed by atoms with E-state index >= 15 is 0 Å². The van der Waals surface area contributed by atoms with E-state index in [1.165, 1.54) is 16.5 Å². The van der Waals surface area contributed by atoms with E-state index in [1.807, 2.05) is 37.4 Å². The number of aromatic hydroxyl groups is 1. The van der Waals surface area contributed by atoms with Crippen LogP contribution in [-0.2, 0) is 46.7 Å². The molecule has 5 nitrogen and oxygen atoms in total. The van der Waals surface area contributed by atoms with Gasteiger partial charge in [-0.25, -0.2) is 9.97 Å². The van der Waals surface area contributed by atoms with Crippen molar-refractivity contribution in [3.63, 3.8) is 0 Å². The zero-order valence-corrected chi connectivity index (χ0v) is 25.5. The van der Waals surface area contributed by atoms with Gasteiger partial charge in [0, 0.05) is 50.0 Å². The van der Waals surface area contributed by atoms with Crippen LogP contribution in [0.1, 0.15) is 49.9 Å². The monoisotopic (exact) mass is 709 g/mol. The van der Waals surface area contributed by atoms with Crippen molar-refractivity contribution in [2.45, 2.75) is 53.4 Å². The zero-order valence-electron chi connectivity index (χ0n) is 23.2. The Kier molecular flexibility index (Phi) is 7.96. The molecule has 3 heterocycles. The van der Waals surface area contributed by atoms with Crippen molar-refractivity contribution in [2.24, 2.45) is 0 Å². The van der Waals surface area contributed by atoms with Crippen molar-refractivity contribution in [1.29, 1.82) is 0 Å². The molecule has 0 radical (unpaired) electrons. The Morgan fingerprint density at radius 3 is 2.30 bits per heavy atom. The Bertz CT molecular complexity index is 1840. The maximum atomic E-state index is 10.9. The number of phenols is 1. The van der Waals surface area contributed by atoms with Crippen LogP contribution < -0.4 is 4.74 Å². The van der Waals surface area contributed by atoms with Crippen molar-refractivity contribution >= 4 is 32.7 Å². The van der Waals surface area contributed by atoms with E-state index in [9.17, 15) is 5.11 Å². The number of benzene rings is 3. The molecule has 6 rings (SSSR count).